The Balaban J connectivity index is 1.58. The Hall–Kier alpha value is -3.86. The fourth-order valence-corrected chi connectivity index (χ4v) is 6.31. The zero-order valence-electron chi connectivity index (χ0n) is 24.0. The molecule has 7 nitrogen and oxygen atoms in total. The van der Waals surface area contributed by atoms with Gasteiger partial charge in [0.05, 0.1) is 11.9 Å². The largest absolute Gasteiger partial charge is 0.352 e. The van der Waals surface area contributed by atoms with E-state index in [1.165, 1.54) is 17.0 Å². The van der Waals surface area contributed by atoms with Gasteiger partial charge in [0.15, 0.2) is 11.6 Å². The summed E-state index contributed by atoms with van der Waals surface area (Å²) in [5.74, 6) is -3.41. The first-order chi connectivity index (χ1) is 20.5. The van der Waals surface area contributed by atoms with E-state index in [2.05, 4.69) is 5.32 Å². The quantitative estimate of drug-likeness (QED) is 0.281. The lowest BCUT2D eigenvalue weighted by molar-refractivity contribution is -0.141. The van der Waals surface area contributed by atoms with Gasteiger partial charge in [-0.15, -0.1) is 0 Å². The lowest BCUT2D eigenvalue weighted by Gasteiger charge is -2.33. The zero-order chi connectivity index (χ0) is 31.0. The number of hydrogen-bond acceptors (Lipinski definition) is 4. The van der Waals surface area contributed by atoms with E-state index in [9.17, 15) is 31.2 Å². The maximum absolute atomic E-state index is 13.9. The normalized spacial score (nSPS) is 14.3. The van der Waals surface area contributed by atoms with E-state index < -0.39 is 39.4 Å². The van der Waals surface area contributed by atoms with Gasteiger partial charge < -0.3 is 10.2 Å². The predicted octanol–water partition coefficient (Wildman–Crippen LogP) is 5.35. The molecule has 1 atom stereocenters. The Morgan fingerprint density at radius 1 is 0.907 bits per heavy atom. The SMILES string of the molecule is CS(=O)(=O)N(CCCC(=O)N(Cc1ccc(F)cc1)[C@H](Cc1ccccc1)C(=O)NC1CCCC1)c1ccc(F)c(F)c1. The minimum Gasteiger partial charge on any atom is -0.352 e. The first kappa shape index (κ1) is 32.1. The molecular weight excluding hydrogens is 579 g/mol. The summed E-state index contributed by atoms with van der Waals surface area (Å²) < 4.78 is 67.0. The first-order valence-electron chi connectivity index (χ1n) is 14.3. The molecule has 4 rings (SSSR count). The number of nitrogens with zero attached hydrogens (tertiary/aromatic N) is 2. The van der Waals surface area contributed by atoms with Crippen molar-refractivity contribution >= 4 is 27.5 Å². The predicted molar refractivity (Wildman–Crippen MR) is 159 cm³/mol. The van der Waals surface area contributed by atoms with E-state index in [-0.39, 0.29) is 50.0 Å². The van der Waals surface area contributed by atoms with Gasteiger partial charge in [0.1, 0.15) is 11.9 Å². The van der Waals surface area contributed by atoms with Crippen LogP contribution < -0.4 is 9.62 Å². The van der Waals surface area contributed by atoms with Crippen molar-refractivity contribution in [3.63, 3.8) is 0 Å². The molecule has 0 aliphatic heterocycles. The summed E-state index contributed by atoms with van der Waals surface area (Å²) in [6.07, 6.45) is 4.87. The van der Waals surface area contributed by atoms with Gasteiger partial charge in [-0.3, -0.25) is 13.9 Å². The van der Waals surface area contributed by atoms with Crippen molar-refractivity contribution in [1.29, 1.82) is 0 Å². The van der Waals surface area contributed by atoms with E-state index in [1.54, 1.807) is 12.1 Å². The highest BCUT2D eigenvalue weighted by atomic mass is 32.2. The third-order valence-electron chi connectivity index (χ3n) is 7.58. The summed E-state index contributed by atoms with van der Waals surface area (Å²) >= 11 is 0. The van der Waals surface area contributed by atoms with Crippen molar-refractivity contribution in [2.24, 2.45) is 0 Å². The highest BCUT2D eigenvalue weighted by Crippen LogP contribution is 2.23. The fraction of sp³-hybridized carbons (Fsp3) is 0.375. The fourth-order valence-electron chi connectivity index (χ4n) is 5.35. The molecule has 2 amide bonds. The summed E-state index contributed by atoms with van der Waals surface area (Å²) in [6.45, 7) is -0.134. The van der Waals surface area contributed by atoms with E-state index in [0.29, 0.717) is 5.56 Å². The Morgan fingerprint density at radius 2 is 1.58 bits per heavy atom. The Labute approximate surface area is 250 Å². The number of sulfonamides is 1. The zero-order valence-corrected chi connectivity index (χ0v) is 24.8. The molecule has 3 aromatic rings. The summed E-state index contributed by atoms with van der Waals surface area (Å²) in [7, 11) is -3.88. The lowest BCUT2D eigenvalue weighted by atomic mass is 10.0. The highest BCUT2D eigenvalue weighted by molar-refractivity contribution is 7.92. The van der Waals surface area contributed by atoms with Crippen LogP contribution in [0.25, 0.3) is 0 Å². The lowest BCUT2D eigenvalue weighted by Crippen LogP contribution is -2.52. The highest BCUT2D eigenvalue weighted by Gasteiger charge is 2.32. The number of amides is 2. The molecule has 0 saturated heterocycles. The summed E-state index contributed by atoms with van der Waals surface area (Å²) in [4.78, 5) is 29.0. The van der Waals surface area contributed by atoms with Gasteiger partial charge in [-0.1, -0.05) is 55.3 Å². The van der Waals surface area contributed by atoms with Crippen LogP contribution in [-0.2, 0) is 32.6 Å². The third kappa shape index (κ3) is 9.06. The van der Waals surface area contributed by atoms with Crippen molar-refractivity contribution in [3.05, 3.63) is 101 Å². The molecule has 11 heteroatoms. The van der Waals surface area contributed by atoms with Crippen LogP contribution in [0, 0.1) is 17.5 Å². The van der Waals surface area contributed by atoms with Gasteiger partial charge >= 0.3 is 0 Å². The van der Waals surface area contributed by atoms with Gasteiger partial charge in [-0.2, -0.15) is 0 Å². The number of carbonyl (C=O) groups excluding carboxylic acids is 2. The Morgan fingerprint density at radius 3 is 2.21 bits per heavy atom. The molecule has 1 aliphatic carbocycles. The second-order valence-corrected chi connectivity index (χ2v) is 12.8. The van der Waals surface area contributed by atoms with Gasteiger partial charge in [-0.05, 0) is 54.7 Å². The maximum Gasteiger partial charge on any atom is 0.243 e. The molecule has 0 aromatic heterocycles. The average molecular weight is 616 g/mol. The second-order valence-electron chi connectivity index (χ2n) is 10.9. The maximum atomic E-state index is 13.9. The molecule has 43 heavy (non-hydrogen) atoms. The topological polar surface area (TPSA) is 86.8 Å². The Kier molecular flexibility index (Phi) is 10.8. The minimum atomic E-state index is -3.88. The molecule has 0 radical (unpaired) electrons. The molecule has 1 N–H and O–H groups in total. The molecule has 0 spiro atoms. The van der Waals surface area contributed by atoms with Gasteiger partial charge in [0.25, 0.3) is 0 Å². The van der Waals surface area contributed by atoms with E-state index in [0.717, 1.165) is 60.0 Å². The molecule has 230 valence electrons. The van der Waals surface area contributed by atoms with E-state index in [4.69, 9.17) is 0 Å². The van der Waals surface area contributed by atoms with Crippen LogP contribution in [0.1, 0.15) is 49.7 Å². The van der Waals surface area contributed by atoms with Gasteiger partial charge in [0, 0.05) is 38.0 Å². The van der Waals surface area contributed by atoms with Crippen LogP contribution in [0.15, 0.2) is 72.8 Å². The first-order valence-corrected chi connectivity index (χ1v) is 16.2. The molecule has 3 aromatic carbocycles. The molecule has 1 aliphatic rings. The molecule has 0 bridgehead atoms. The van der Waals surface area contributed by atoms with Crippen LogP contribution in [0.3, 0.4) is 0 Å². The van der Waals surface area contributed by atoms with Crippen molar-refractivity contribution in [3.8, 4) is 0 Å². The van der Waals surface area contributed by atoms with E-state index in [1.807, 2.05) is 30.3 Å². The van der Waals surface area contributed by atoms with Crippen molar-refractivity contribution in [2.75, 3.05) is 17.1 Å². The van der Waals surface area contributed by atoms with Crippen LogP contribution in [0.2, 0.25) is 0 Å². The molecule has 0 unspecified atom stereocenters. The number of carbonyl (C=O) groups is 2. The molecule has 1 saturated carbocycles. The average Bonchev–Trinajstić information content (AvgIpc) is 3.48. The van der Waals surface area contributed by atoms with Crippen LogP contribution >= 0.6 is 0 Å². The van der Waals surface area contributed by atoms with Crippen molar-refractivity contribution < 1.29 is 31.2 Å². The minimum absolute atomic E-state index is 0.0213. The molecule has 1 fully saturated rings. The third-order valence-corrected chi connectivity index (χ3v) is 8.78. The van der Waals surface area contributed by atoms with Gasteiger partial charge in [-0.25, -0.2) is 21.6 Å². The second kappa shape index (κ2) is 14.5. The molecule has 0 heterocycles. The van der Waals surface area contributed by atoms with Crippen molar-refractivity contribution in [2.45, 2.75) is 63.6 Å². The number of benzene rings is 3. The monoisotopic (exact) mass is 615 g/mol. The van der Waals surface area contributed by atoms with Crippen molar-refractivity contribution in [1.82, 2.24) is 10.2 Å². The number of anilines is 1. The summed E-state index contributed by atoms with van der Waals surface area (Å²) in [5, 5.41) is 3.11. The number of nitrogens with one attached hydrogen (secondary N) is 1. The van der Waals surface area contributed by atoms with Gasteiger partial charge in [0.2, 0.25) is 21.8 Å². The summed E-state index contributed by atoms with van der Waals surface area (Å²) in [5.41, 5.74) is 1.42. The van der Waals surface area contributed by atoms with Crippen LogP contribution in [0.5, 0.6) is 0 Å². The van der Waals surface area contributed by atoms with Crippen LogP contribution in [-0.4, -0.2) is 50.0 Å². The standard InChI is InChI=1S/C32H36F3N3O4S/c1-43(41,42)38(27-17-18-28(34)29(35)21-27)19-7-12-31(39)37(22-24-13-15-25(33)16-14-24)30(20-23-8-3-2-4-9-23)32(40)36-26-10-5-6-11-26/h2-4,8-9,13-18,21,26,30H,5-7,10-12,19-20,22H2,1H3,(H,36,40)/t30-/m1/s1. The number of halogens is 3. The number of rotatable bonds is 13. The molecular formula is C32H36F3N3O4S. The smallest absolute Gasteiger partial charge is 0.243 e. The van der Waals surface area contributed by atoms with E-state index >= 15 is 0 Å². The summed E-state index contributed by atoms with van der Waals surface area (Å²) in [6, 6.07) is 16.9. The van der Waals surface area contributed by atoms with Crippen LogP contribution in [0.4, 0.5) is 18.9 Å². The number of hydrogen-bond donors (Lipinski definition) is 1. The Bertz CT molecular complexity index is 1500.